The summed E-state index contributed by atoms with van der Waals surface area (Å²) in [6, 6.07) is -0.491. The molecule has 1 aliphatic heterocycles. The molecular weight excluding hydrogens is 249 g/mol. The molecule has 0 aliphatic carbocycles. The van der Waals surface area contributed by atoms with E-state index in [1.54, 1.807) is 11.4 Å². The van der Waals surface area contributed by atoms with Gasteiger partial charge in [0.2, 0.25) is 0 Å². The Morgan fingerprint density at radius 3 is 2.42 bits per heavy atom. The van der Waals surface area contributed by atoms with Crippen LogP contribution in [0, 0.1) is 0 Å². The van der Waals surface area contributed by atoms with Crippen molar-refractivity contribution >= 4 is 67.6 Å². The second-order valence-electron chi connectivity index (χ2n) is 1.97. The van der Waals surface area contributed by atoms with E-state index in [2.05, 4.69) is 0 Å². The van der Waals surface area contributed by atoms with Crippen LogP contribution in [0.4, 0.5) is 0 Å². The van der Waals surface area contributed by atoms with Gasteiger partial charge >= 0.3 is 43.6 Å². The molecule has 0 bridgehead atoms. The molecule has 0 radical (unpaired) electrons. The van der Waals surface area contributed by atoms with Crippen molar-refractivity contribution in [3.8, 4) is 0 Å². The summed E-state index contributed by atoms with van der Waals surface area (Å²) in [7, 11) is 1.74. The SMILES string of the molecule is CN1SCC(=O)C1C=O.[Cl][Ca][Cl]. The van der Waals surface area contributed by atoms with Crippen LogP contribution < -0.4 is 0 Å². The Balaban J connectivity index is 0.000000354. The van der Waals surface area contributed by atoms with E-state index in [4.69, 9.17) is 12.8 Å². The first-order valence-corrected chi connectivity index (χ1v) is 10.1. The van der Waals surface area contributed by atoms with Crippen molar-refractivity contribution < 1.29 is 9.59 Å². The molecule has 0 aromatic rings. The van der Waals surface area contributed by atoms with Crippen molar-refractivity contribution in [3.63, 3.8) is 0 Å². The minimum absolute atomic E-state index is 0.0116. The first-order valence-electron chi connectivity index (χ1n) is 3.13. The number of hydrogen-bond acceptors (Lipinski definition) is 4. The molecule has 3 nitrogen and oxygen atoms in total. The Kier molecular flexibility index (Phi) is 8.83. The van der Waals surface area contributed by atoms with Crippen molar-refractivity contribution in [2.75, 3.05) is 12.8 Å². The summed E-state index contributed by atoms with van der Waals surface area (Å²) in [6.45, 7) is 0. The number of nitrogens with zero attached hydrogens (tertiary/aromatic N) is 1. The van der Waals surface area contributed by atoms with E-state index < -0.39 is 36.9 Å². The van der Waals surface area contributed by atoms with Gasteiger partial charge in [0.1, 0.15) is 12.3 Å². The number of carbonyl (C=O) groups excluding carboxylic acids is 2. The Morgan fingerprint density at radius 1 is 1.75 bits per heavy atom. The maximum absolute atomic E-state index is 10.7. The zero-order valence-corrected chi connectivity index (χ0v) is 11.0. The second-order valence-corrected chi connectivity index (χ2v) is 6.74. The first kappa shape index (κ1) is 13.5. The summed E-state index contributed by atoms with van der Waals surface area (Å²) in [6.07, 6.45) is 10.6. The van der Waals surface area contributed by atoms with E-state index in [-0.39, 0.29) is 5.78 Å². The number of carbonyl (C=O) groups is 2. The summed E-state index contributed by atoms with van der Waals surface area (Å²) < 4.78 is 1.68. The standard InChI is InChI=1S/C5H7NO2S.Ca.2ClH/c1-6-4(2-7)5(8)3-9-6;;;/h2,4H,3H2,1H3;;2*1H/q;+2;;/p-2. The second kappa shape index (κ2) is 7.85. The molecule has 12 heavy (non-hydrogen) atoms. The third-order valence-electron chi connectivity index (χ3n) is 1.26. The van der Waals surface area contributed by atoms with Gasteiger partial charge in [-0.15, -0.1) is 0 Å². The third kappa shape index (κ3) is 4.65. The number of ketones is 1. The fourth-order valence-electron chi connectivity index (χ4n) is 0.695. The molecule has 0 aromatic carbocycles. The fraction of sp³-hybridized carbons (Fsp3) is 0.600. The van der Waals surface area contributed by atoms with Crippen LogP contribution in [0.5, 0.6) is 0 Å². The molecule has 0 N–H and O–H groups in total. The van der Waals surface area contributed by atoms with Crippen LogP contribution in [0.15, 0.2) is 0 Å². The van der Waals surface area contributed by atoms with Gasteiger partial charge in [-0.05, 0) is 7.05 Å². The van der Waals surface area contributed by atoms with Crippen molar-refractivity contribution in [2.45, 2.75) is 6.04 Å². The van der Waals surface area contributed by atoms with E-state index >= 15 is 0 Å². The molecule has 1 fully saturated rings. The van der Waals surface area contributed by atoms with E-state index in [0.29, 0.717) is 12.0 Å². The molecule has 0 amide bonds. The molecule has 1 heterocycles. The van der Waals surface area contributed by atoms with Gasteiger partial charge < -0.3 is 4.79 Å². The van der Waals surface area contributed by atoms with Crippen LogP contribution >= 0.6 is 24.7 Å². The van der Waals surface area contributed by atoms with Crippen molar-refractivity contribution in [1.29, 1.82) is 0 Å². The molecule has 0 aromatic heterocycles. The predicted molar refractivity (Wildman–Crippen MR) is 52.5 cm³/mol. The number of rotatable bonds is 1. The van der Waals surface area contributed by atoms with Gasteiger partial charge in [-0.2, -0.15) is 0 Å². The summed E-state index contributed by atoms with van der Waals surface area (Å²) in [5, 5.41) is 0. The van der Waals surface area contributed by atoms with Crippen molar-refractivity contribution in [1.82, 2.24) is 4.31 Å². The molecule has 0 saturated carbocycles. The zero-order valence-electron chi connectivity index (χ0n) is 6.50. The predicted octanol–water partition coefficient (Wildman–Crippen LogP) is 0.715. The van der Waals surface area contributed by atoms with Crippen LogP contribution in [0.3, 0.4) is 0 Å². The summed E-state index contributed by atoms with van der Waals surface area (Å²) in [5.41, 5.74) is 0. The average molecular weight is 256 g/mol. The van der Waals surface area contributed by atoms with Crippen LogP contribution in [0.1, 0.15) is 0 Å². The van der Waals surface area contributed by atoms with Crippen molar-refractivity contribution in [3.05, 3.63) is 0 Å². The molecular formula is C5H7CaCl2NO2S. The van der Waals surface area contributed by atoms with Gasteiger partial charge in [-0.1, -0.05) is 11.9 Å². The van der Waals surface area contributed by atoms with Gasteiger partial charge in [-0.3, -0.25) is 4.79 Å². The van der Waals surface area contributed by atoms with Crippen LogP contribution in [0.25, 0.3) is 0 Å². The Morgan fingerprint density at radius 2 is 2.25 bits per heavy atom. The summed E-state index contributed by atoms with van der Waals surface area (Å²) in [4.78, 5) is 20.9. The molecule has 1 saturated heterocycles. The quantitative estimate of drug-likeness (QED) is 0.300. The number of hydrogen-bond donors (Lipinski definition) is 0. The van der Waals surface area contributed by atoms with E-state index in [1.165, 1.54) is 11.9 Å². The van der Waals surface area contributed by atoms with Crippen LogP contribution in [0.2, 0.25) is 0 Å². The van der Waals surface area contributed by atoms with Gasteiger partial charge in [0, 0.05) is 0 Å². The Bertz CT molecular complexity index is 172. The molecule has 1 aliphatic rings. The van der Waals surface area contributed by atoms with Crippen LogP contribution in [-0.4, -0.2) is 66.1 Å². The molecule has 1 rings (SSSR count). The third-order valence-corrected chi connectivity index (χ3v) is 2.31. The van der Waals surface area contributed by atoms with Gasteiger partial charge in [0.25, 0.3) is 0 Å². The fourth-order valence-corrected chi connectivity index (χ4v) is 1.52. The zero-order chi connectivity index (χ0) is 9.56. The normalized spacial score (nSPS) is 22.6. The number of Topliss-reactive ketones (excluding diaryl/α,β-unsaturated/α-hetero) is 1. The number of halogens is 2. The monoisotopic (exact) mass is 255 g/mol. The number of aldehydes is 1. The maximum atomic E-state index is 10.7. The molecule has 7 heteroatoms. The van der Waals surface area contributed by atoms with E-state index in [1.807, 2.05) is 0 Å². The molecule has 66 valence electrons. The van der Waals surface area contributed by atoms with E-state index in [0.717, 1.165) is 0 Å². The van der Waals surface area contributed by atoms with Gasteiger partial charge in [-0.25, -0.2) is 4.31 Å². The van der Waals surface area contributed by atoms with Crippen molar-refractivity contribution in [2.24, 2.45) is 0 Å². The van der Waals surface area contributed by atoms with Crippen LogP contribution in [-0.2, 0) is 9.59 Å². The summed E-state index contributed by atoms with van der Waals surface area (Å²) in [5.74, 6) is 0.456. The summed E-state index contributed by atoms with van der Waals surface area (Å²) >= 11 is 0.460. The van der Waals surface area contributed by atoms with Gasteiger partial charge in [0.15, 0.2) is 5.78 Å². The topological polar surface area (TPSA) is 37.4 Å². The Hall–Kier alpha value is 1.49. The molecule has 1 unspecified atom stereocenters. The first-order chi connectivity index (χ1) is 5.67. The Labute approximate surface area is 99.0 Å². The number of likely N-dealkylation sites (N-methyl/N-ethyl adjacent to an activating group) is 1. The molecule has 0 spiro atoms. The molecule has 1 atom stereocenters. The minimum atomic E-state index is -0.931. The van der Waals surface area contributed by atoms with Gasteiger partial charge in [0.05, 0.1) is 5.75 Å². The van der Waals surface area contributed by atoms with E-state index in [9.17, 15) is 9.59 Å². The average Bonchev–Trinajstić information content (AvgIpc) is 2.33.